The van der Waals surface area contributed by atoms with Gasteiger partial charge in [-0.05, 0) is 39.0 Å². The van der Waals surface area contributed by atoms with Crippen molar-refractivity contribution in [2.75, 3.05) is 36.9 Å². The molecule has 20 heavy (non-hydrogen) atoms. The minimum atomic E-state index is -0.159. The third-order valence-corrected chi connectivity index (χ3v) is 3.54. The Kier molecular flexibility index (Phi) is 4.18. The molecule has 1 aliphatic rings. The van der Waals surface area contributed by atoms with Gasteiger partial charge in [-0.3, -0.25) is 4.79 Å². The average Bonchev–Trinajstić information content (AvgIpc) is 2.38. The van der Waals surface area contributed by atoms with Gasteiger partial charge in [0.25, 0.3) is 5.91 Å². The molecule has 3 N–H and O–H groups in total. The number of carbonyl (C=O) groups is 1. The van der Waals surface area contributed by atoms with Crippen molar-refractivity contribution < 1.29 is 9.53 Å². The van der Waals surface area contributed by atoms with E-state index in [-0.39, 0.29) is 11.4 Å². The van der Waals surface area contributed by atoms with Crippen LogP contribution in [0.15, 0.2) is 18.2 Å². The predicted octanol–water partition coefficient (Wildman–Crippen LogP) is 1.63. The Hall–Kier alpha value is -1.75. The van der Waals surface area contributed by atoms with Gasteiger partial charge >= 0.3 is 0 Å². The molecule has 1 aliphatic heterocycles. The molecule has 0 aromatic heterocycles. The summed E-state index contributed by atoms with van der Waals surface area (Å²) in [6, 6.07) is 5.43. The van der Waals surface area contributed by atoms with Crippen molar-refractivity contribution in [1.29, 1.82) is 0 Å². The number of hydrogen-bond acceptors (Lipinski definition) is 4. The van der Waals surface area contributed by atoms with Gasteiger partial charge in [0.2, 0.25) is 0 Å². The van der Waals surface area contributed by atoms with Crippen LogP contribution in [0, 0.1) is 0 Å². The van der Waals surface area contributed by atoms with Crippen LogP contribution in [-0.4, -0.2) is 37.7 Å². The number of anilines is 2. The largest absolute Gasteiger partial charge is 0.399 e. The van der Waals surface area contributed by atoms with E-state index in [0.29, 0.717) is 31.0 Å². The minimum Gasteiger partial charge on any atom is -0.399 e. The third kappa shape index (κ3) is 2.88. The van der Waals surface area contributed by atoms with Gasteiger partial charge in [-0.15, -0.1) is 0 Å². The first-order valence-corrected chi connectivity index (χ1v) is 6.99. The molecule has 1 heterocycles. The number of nitrogens with one attached hydrogen (secondary N) is 1. The molecule has 1 fully saturated rings. The number of amides is 1. The zero-order valence-corrected chi connectivity index (χ0v) is 12.4. The van der Waals surface area contributed by atoms with Gasteiger partial charge < -0.3 is 20.7 Å². The molecule has 1 amide bonds. The number of nitrogen functional groups attached to an aromatic ring is 1. The molecular weight excluding hydrogens is 254 g/mol. The number of ether oxygens (including phenoxy) is 1. The summed E-state index contributed by atoms with van der Waals surface area (Å²) in [6.07, 6.45) is 0. The summed E-state index contributed by atoms with van der Waals surface area (Å²) >= 11 is 0. The Morgan fingerprint density at radius 2 is 2.25 bits per heavy atom. The lowest BCUT2D eigenvalue weighted by Gasteiger charge is -2.44. The van der Waals surface area contributed by atoms with E-state index in [4.69, 9.17) is 10.5 Å². The van der Waals surface area contributed by atoms with Crippen molar-refractivity contribution in [2.45, 2.75) is 26.3 Å². The smallest absolute Gasteiger partial charge is 0.253 e. The van der Waals surface area contributed by atoms with Crippen LogP contribution in [0.5, 0.6) is 0 Å². The fourth-order valence-electron chi connectivity index (χ4n) is 2.52. The molecule has 110 valence electrons. The minimum absolute atomic E-state index is 0.0650. The SMILES string of the molecule is CCNC(=O)c1ccc(N)cc1N1CCOCC1(C)C. The second kappa shape index (κ2) is 5.71. The van der Waals surface area contributed by atoms with E-state index in [9.17, 15) is 4.79 Å². The van der Waals surface area contributed by atoms with E-state index >= 15 is 0 Å². The summed E-state index contributed by atoms with van der Waals surface area (Å²) in [5.41, 5.74) is 7.95. The fourth-order valence-corrected chi connectivity index (χ4v) is 2.52. The van der Waals surface area contributed by atoms with Crippen LogP contribution < -0.4 is 16.0 Å². The maximum absolute atomic E-state index is 12.2. The van der Waals surface area contributed by atoms with Gasteiger partial charge in [-0.25, -0.2) is 0 Å². The van der Waals surface area contributed by atoms with E-state index in [1.54, 1.807) is 12.1 Å². The summed E-state index contributed by atoms with van der Waals surface area (Å²) < 4.78 is 5.54. The first-order valence-electron chi connectivity index (χ1n) is 6.99. The highest BCUT2D eigenvalue weighted by atomic mass is 16.5. The standard InChI is InChI=1S/C15H23N3O2/c1-4-17-14(19)12-6-5-11(16)9-13(12)18-7-8-20-10-15(18,2)3/h5-6,9H,4,7-8,10,16H2,1-3H3,(H,17,19). The molecule has 5 heteroatoms. The lowest BCUT2D eigenvalue weighted by Crippen LogP contribution is -2.53. The van der Waals surface area contributed by atoms with Crippen LogP contribution in [0.3, 0.4) is 0 Å². The predicted molar refractivity (Wildman–Crippen MR) is 81.1 cm³/mol. The van der Waals surface area contributed by atoms with E-state index in [0.717, 1.165) is 12.2 Å². The molecule has 0 spiro atoms. The van der Waals surface area contributed by atoms with Crippen LogP contribution in [0.25, 0.3) is 0 Å². The second-order valence-corrected chi connectivity index (χ2v) is 5.65. The van der Waals surface area contributed by atoms with Crippen molar-refractivity contribution in [1.82, 2.24) is 5.32 Å². The maximum Gasteiger partial charge on any atom is 0.253 e. The molecular formula is C15H23N3O2. The maximum atomic E-state index is 12.2. The molecule has 0 saturated carbocycles. The molecule has 1 aromatic carbocycles. The fraction of sp³-hybridized carbons (Fsp3) is 0.533. The highest BCUT2D eigenvalue weighted by Gasteiger charge is 2.32. The van der Waals surface area contributed by atoms with Crippen molar-refractivity contribution in [3.05, 3.63) is 23.8 Å². The van der Waals surface area contributed by atoms with Gasteiger partial charge in [0, 0.05) is 18.8 Å². The Balaban J connectivity index is 2.43. The number of nitrogens with zero attached hydrogens (tertiary/aromatic N) is 1. The van der Waals surface area contributed by atoms with Crippen LogP contribution in [0.2, 0.25) is 0 Å². The summed E-state index contributed by atoms with van der Waals surface area (Å²) in [5.74, 6) is -0.0650. The van der Waals surface area contributed by atoms with E-state index in [1.165, 1.54) is 0 Å². The van der Waals surface area contributed by atoms with Crippen LogP contribution >= 0.6 is 0 Å². The number of morpholine rings is 1. The quantitative estimate of drug-likeness (QED) is 0.824. The van der Waals surface area contributed by atoms with Crippen molar-refractivity contribution in [2.24, 2.45) is 0 Å². The van der Waals surface area contributed by atoms with Gasteiger partial charge in [0.15, 0.2) is 0 Å². The van der Waals surface area contributed by atoms with Crippen molar-refractivity contribution in [3.63, 3.8) is 0 Å². The normalized spacial score (nSPS) is 17.9. The number of rotatable bonds is 3. The van der Waals surface area contributed by atoms with Gasteiger partial charge in [0.05, 0.1) is 30.0 Å². The van der Waals surface area contributed by atoms with E-state index in [2.05, 4.69) is 24.1 Å². The molecule has 0 atom stereocenters. The first-order chi connectivity index (χ1) is 9.45. The van der Waals surface area contributed by atoms with Crippen molar-refractivity contribution >= 4 is 17.3 Å². The average molecular weight is 277 g/mol. The topological polar surface area (TPSA) is 67.6 Å². The Bertz CT molecular complexity index is 500. The lowest BCUT2D eigenvalue weighted by molar-refractivity contribution is 0.0642. The highest BCUT2D eigenvalue weighted by Crippen LogP contribution is 2.31. The summed E-state index contributed by atoms with van der Waals surface area (Å²) in [4.78, 5) is 14.4. The Morgan fingerprint density at radius 3 is 2.90 bits per heavy atom. The zero-order valence-electron chi connectivity index (χ0n) is 12.4. The van der Waals surface area contributed by atoms with Crippen molar-refractivity contribution in [3.8, 4) is 0 Å². The first kappa shape index (κ1) is 14.7. The van der Waals surface area contributed by atoms with Crippen LogP contribution in [0.4, 0.5) is 11.4 Å². The van der Waals surface area contributed by atoms with Gasteiger partial charge in [0.1, 0.15) is 0 Å². The third-order valence-electron chi connectivity index (χ3n) is 3.54. The summed E-state index contributed by atoms with van der Waals surface area (Å²) in [6.45, 7) is 8.78. The second-order valence-electron chi connectivity index (χ2n) is 5.65. The molecule has 0 aliphatic carbocycles. The molecule has 0 unspecified atom stereocenters. The number of hydrogen-bond donors (Lipinski definition) is 2. The van der Waals surface area contributed by atoms with E-state index < -0.39 is 0 Å². The molecule has 1 saturated heterocycles. The number of benzene rings is 1. The number of carbonyl (C=O) groups excluding carboxylic acids is 1. The summed E-state index contributed by atoms with van der Waals surface area (Å²) in [5, 5.41) is 2.85. The van der Waals surface area contributed by atoms with Gasteiger partial charge in [-0.1, -0.05) is 0 Å². The zero-order chi connectivity index (χ0) is 14.8. The van der Waals surface area contributed by atoms with E-state index in [1.807, 2.05) is 13.0 Å². The molecule has 1 aromatic rings. The monoisotopic (exact) mass is 277 g/mol. The highest BCUT2D eigenvalue weighted by molar-refractivity contribution is 6.00. The van der Waals surface area contributed by atoms with Crippen LogP contribution in [0.1, 0.15) is 31.1 Å². The molecule has 0 radical (unpaired) electrons. The molecule has 5 nitrogen and oxygen atoms in total. The summed E-state index contributed by atoms with van der Waals surface area (Å²) in [7, 11) is 0. The van der Waals surface area contributed by atoms with Gasteiger partial charge in [-0.2, -0.15) is 0 Å². The lowest BCUT2D eigenvalue weighted by atomic mass is 9.99. The molecule has 2 rings (SSSR count). The Morgan fingerprint density at radius 1 is 1.50 bits per heavy atom. The number of nitrogens with two attached hydrogens (primary N) is 1. The Labute approximate surface area is 120 Å². The van der Waals surface area contributed by atoms with Crippen LogP contribution in [-0.2, 0) is 4.74 Å². The molecule has 0 bridgehead atoms.